The highest BCUT2D eigenvalue weighted by atomic mass is 19.1. The monoisotopic (exact) mass is 398 g/mol. The molecule has 0 unspecified atom stereocenters. The first-order valence-corrected chi connectivity index (χ1v) is 9.47. The Labute approximate surface area is 166 Å². The van der Waals surface area contributed by atoms with Crippen molar-refractivity contribution in [2.75, 3.05) is 5.32 Å². The van der Waals surface area contributed by atoms with Crippen LogP contribution < -0.4 is 10.6 Å². The number of urea groups is 1. The van der Waals surface area contributed by atoms with Gasteiger partial charge in [0.25, 0.3) is 0 Å². The molecule has 1 aliphatic carbocycles. The largest absolute Gasteiger partial charge is 0.421 e. The van der Waals surface area contributed by atoms with Gasteiger partial charge in [-0.2, -0.15) is 0 Å². The van der Waals surface area contributed by atoms with Gasteiger partial charge in [0.2, 0.25) is 11.8 Å². The van der Waals surface area contributed by atoms with Gasteiger partial charge in [0, 0.05) is 23.2 Å². The Kier molecular flexibility index (Phi) is 5.00. The summed E-state index contributed by atoms with van der Waals surface area (Å²) in [4.78, 5) is 12.5. The van der Waals surface area contributed by atoms with Crippen LogP contribution in [0.3, 0.4) is 0 Å². The maximum atomic E-state index is 14.2. The van der Waals surface area contributed by atoms with E-state index in [2.05, 4.69) is 20.8 Å². The molecule has 1 saturated carbocycles. The number of aryl methyl sites for hydroxylation is 1. The summed E-state index contributed by atoms with van der Waals surface area (Å²) in [6.07, 6.45) is 2.39. The lowest BCUT2D eigenvalue weighted by atomic mass is 9.71. The lowest BCUT2D eigenvalue weighted by Crippen LogP contribution is -2.53. The van der Waals surface area contributed by atoms with Crippen molar-refractivity contribution in [3.8, 4) is 11.5 Å². The SMILES string of the molecule is CCc1nnc(-c2ccc(NC(=O)NC3(c4c(F)cccc4F)CCC3)cc2)o1. The molecule has 2 amide bonds. The van der Waals surface area contributed by atoms with Gasteiger partial charge in [-0.25, -0.2) is 13.6 Å². The van der Waals surface area contributed by atoms with Crippen molar-refractivity contribution in [2.45, 2.75) is 38.1 Å². The Balaban J connectivity index is 1.46. The molecule has 2 aromatic carbocycles. The number of hydrogen-bond acceptors (Lipinski definition) is 4. The van der Waals surface area contributed by atoms with Gasteiger partial charge in [0.15, 0.2) is 0 Å². The molecular weight excluding hydrogens is 378 g/mol. The first kappa shape index (κ1) is 19.0. The molecule has 0 saturated heterocycles. The van der Waals surface area contributed by atoms with Crippen molar-refractivity contribution in [2.24, 2.45) is 0 Å². The van der Waals surface area contributed by atoms with E-state index in [1.165, 1.54) is 18.2 Å². The van der Waals surface area contributed by atoms with E-state index in [-0.39, 0.29) is 5.56 Å². The molecule has 4 rings (SSSR count). The van der Waals surface area contributed by atoms with Gasteiger partial charge in [-0.05, 0) is 55.7 Å². The molecule has 1 aliphatic rings. The summed E-state index contributed by atoms with van der Waals surface area (Å²) in [5, 5.41) is 13.4. The molecule has 0 bridgehead atoms. The maximum absolute atomic E-state index is 14.2. The van der Waals surface area contributed by atoms with Crippen LogP contribution in [0.2, 0.25) is 0 Å². The summed E-state index contributed by atoms with van der Waals surface area (Å²) >= 11 is 0. The van der Waals surface area contributed by atoms with Crippen LogP contribution in [0, 0.1) is 11.6 Å². The lowest BCUT2D eigenvalue weighted by molar-refractivity contribution is 0.175. The van der Waals surface area contributed by atoms with E-state index in [1.54, 1.807) is 24.3 Å². The molecule has 150 valence electrons. The van der Waals surface area contributed by atoms with Crippen molar-refractivity contribution in [1.29, 1.82) is 0 Å². The maximum Gasteiger partial charge on any atom is 0.319 e. The van der Waals surface area contributed by atoms with E-state index in [4.69, 9.17) is 4.42 Å². The van der Waals surface area contributed by atoms with Gasteiger partial charge < -0.3 is 15.1 Å². The Hall–Kier alpha value is -3.29. The minimum atomic E-state index is -1.03. The fraction of sp³-hybridized carbons (Fsp3) is 0.286. The van der Waals surface area contributed by atoms with E-state index in [9.17, 15) is 13.6 Å². The molecule has 8 heteroatoms. The molecule has 3 aromatic rings. The summed E-state index contributed by atoms with van der Waals surface area (Å²) in [6, 6.07) is 10.1. The number of rotatable bonds is 5. The van der Waals surface area contributed by atoms with Crippen LogP contribution in [0.4, 0.5) is 19.3 Å². The summed E-state index contributed by atoms with van der Waals surface area (Å²) in [6.45, 7) is 1.92. The summed E-state index contributed by atoms with van der Waals surface area (Å²) in [7, 11) is 0. The summed E-state index contributed by atoms with van der Waals surface area (Å²) in [5.74, 6) is -0.352. The first-order valence-electron chi connectivity index (χ1n) is 9.47. The van der Waals surface area contributed by atoms with Crippen LogP contribution in [0.25, 0.3) is 11.5 Å². The average Bonchev–Trinajstić information content (AvgIpc) is 3.15. The fourth-order valence-corrected chi connectivity index (χ4v) is 3.51. The minimum Gasteiger partial charge on any atom is -0.421 e. The summed E-state index contributed by atoms with van der Waals surface area (Å²) in [5.41, 5.74) is 0.150. The third-order valence-electron chi connectivity index (χ3n) is 5.16. The van der Waals surface area contributed by atoms with Crippen molar-refractivity contribution in [3.63, 3.8) is 0 Å². The number of nitrogens with zero attached hydrogens (tertiary/aromatic N) is 2. The highest BCUT2D eigenvalue weighted by molar-refractivity contribution is 5.90. The van der Waals surface area contributed by atoms with Gasteiger partial charge in [-0.15, -0.1) is 10.2 Å². The molecule has 6 nitrogen and oxygen atoms in total. The number of amides is 2. The quantitative estimate of drug-likeness (QED) is 0.648. The highest BCUT2D eigenvalue weighted by Gasteiger charge is 2.44. The Bertz CT molecular complexity index is 1010. The van der Waals surface area contributed by atoms with Gasteiger partial charge in [0.1, 0.15) is 11.6 Å². The molecule has 0 radical (unpaired) electrons. The second kappa shape index (κ2) is 7.62. The highest BCUT2D eigenvalue weighted by Crippen LogP contribution is 2.43. The van der Waals surface area contributed by atoms with Crippen LogP contribution in [0.1, 0.15) is 37.6 Å². The van der Waals surface area contributed by atoms with Crippen LogP contribution in [0.15, 0.2) is 46.9 Å². The average molecular weight is 398 g/mol. The standard InChI is InChI=1S/C21H20F2N4O2/c1-2-17-26-27-19(29-17)13-7-9-14(10-8-13)24-20(28)25-21(11-4-12-21)18-15(22)5-3-6-16(18)23/h3,5-10H,2,4,11-12H2,1H3,(H2,24,25,28). The first-order chi connectivity index (χ1) is 14.0. The fourth-order valence-electron chi connectivity index (χ4n) is 3.51. The smallest absolute Gasteiger partial charge is 0.319 e. The molecule has 2 N–H and O–H groups in total. The second-order valence-corrected chi connectivity index (χ2v) is 7.04. The topological polar surface area (TPSA) is 80.0 Å². The zero-order valence-corrected chi connectivity index (χ0v) is 15.8. The molecule has 29 heavy (non-hydrogen) atoms. The Morgan fingerprint density at radius 1 is 1.10 bits per heavy atom. The molecule has 1 aromatic heterocycles. The van der Waals surface area contributed by atoms with Crippen molar-refractivity contribution in [3.05, 3.63) is 65.6 Å². The minimum absolute atomic E-state index is 0.0835. The number of halogens is 2. The van der Waals surface area contributed by atoms with Crippen LogP contribution in [-0.2, 0) is 12.0 Å². The third-order valence-corrected chi connectivity index (χ3v) is 5.16. The normalized spacial score (nSPS) is 14.9. The molecule has 0 aliphatic heterocycles. The zero-order valence-electron chi connectivity index (χ0n) is 15.8. The van der Waals surface area contributed by atoms with Crippen molar-refractivity contribution >= 4 is 11.7 Å². The molecule has 0 atom stereocenters. The number of hydrogen-bond donors (Lipinski definition) is 2. The van der Waals surface area contributed by atoms with E-state index in [0.29, 0.717) is 36.7 Å². The number of anilines is 1. The van der Waals surface area contributed by atoms with Crippen molar-refractivity contribution in [1.82, 2.24) is 15.5 Å². The van der Waals surface area contributed by atoms with Crippen LogP contribution >= 0.6 is 0 Å². The molecule has 0 spiro atoms. The number of nitrogens with one attached hydrogen (secondary N) is 2. The summed E-state index contributed by atoms with van der Waals surface area (Å²) < 4.78 is 34.0. The number of carbonyl (C=O) groups excluding carboxylic acids is 1. The zero-order chi connectivity index (χ0) is 20.4. The van der Waals surface area contributed by atoms with Gasteiger partial charge in [0.05, 0.1) is 5.54 Å². The van der Waals surface area contributed by atoms with Crippen molar-refractivity contribution < 1.29 is 18.0 Å². The Morgan fingerprint density at radius 3 is 2.34 bits per heavy atom. The predicted molar refractivity (Wildman–Crippen MR) is 103 cm³/mol. The van der Waals surface area contributed by atoms with E-state index in [0.717, 1.165) is 12.0 Å². The van der Waals surface area contributed by atoms with E-state index in [1.807, 2.05) is 6.92 Å². The van der Waals surface area contributed by atoms with Gasteiger partial charge >= 0.3 is 6.03 Å². The number of carbonyl (C=O) groups is 1. The van der Waals surface area contributed by atoms with E-state index >= 15 is 0 Å². The third kappa shape index (κ3) is 3.70. The molecule has 1 fully saturated rings. The predicted octanol–water partition coefficient (Wildman–Crippen LogP) is 4.78. The van der Waals surface area contributed by atoms with Gasteiger partial charge in [-0.3, -0.25) is 0 Å². The number of aromatic nitrogens is 2. The van der Waals surface area contributed by atoms with Crippen LogP contribution in [-0.4, -0.2) is 16.2 Å². The lowest BCUT2D eigenvalue weighted by Gasteiger charge is -2.43. The molecule has 1 heterocycles. The van der Waals surface area contributed by atoms with Crippen LogP contribution in [0.5, 0.6) is 0 Å². The van der Waals surface area contributed by atoms with E-state index < -0.39 is 23.2 Å². The van der Waals surface area contributed by atoms with Gasteiger partial charge in [-0.1, -0.05) is 13.0 Å². The second-order valence-electron chi connectivity index (χ2n) is 7.04. The number of benzene rings is 2. The molecular formula is C21H20F2N4O2. The Morgan fingerprint density at radius 2 is 1.79 bits per heavy atom.